The van der Waals surface area contributed by atoms with Crippen LogP contribution in [0.3, 0.4) is 0 Å². The Kier molecular flexibility index (Phi) is 6.46. The predicted molar refractivity (Wildman–Crippen MR) is 121 cm³/mol. The molecule has 1 aliphatic rings. The molecule has 2 aromatic heterocycles. The van der Waals surface area contributed by atoms with Crippen molar-refractivity contribution in [2.24, 2.45) is 0 Å². The van der Waals surface area contributed by atoms with E-state index in [1.807, 2.05) is 55.6 Å². The molecule has 1 aromatic carbocycles. The zero-order valence-electron chi connectivity index (χ0n) is 16.6. The zero-order valence-corrected chi connectivity index (χ0v) is 19.0. The minimum atomic E-state index is -0.368. The summed E-state index contributed by atoms with van der Waals surface area (Å²) < 4.78 is 7.23. The first-order valence-corrected chi connectivity index (χ1v) is 11.8. The average Bonchev–Trinajstić information content (AvgIpc) is 3.40. The van der Waals surface area contributed by atoms with E-state index >= 15 is 0 Å². The van der Waals surface area contributed by atoms with Crippen molar-refractivity contribution in [3.8, 4) is 0 Å². The lowest BCUT2D eigenvalue weighted by Crippen LogP contribution is -2.29. The van der Waals surface area contributed by atoms with Gasteiger partial charge in [0.2, 0.25) is 11.1 Å². The Hall–Kier alpha value is -2.29. The minimum Gasteiger partial charge on any atom is -0.462 e. The summed E-state index contributed by atoms with van der Waals surface area (Å²) in [4.78, 5) is 18.5. The number of carbonyl (C=O) groups excluding carboxylic acids is 1. The Bertz CT molecular complexity index is 1080. The first-order valence-electron chi connectivity index (χ1n) is 9.59. The van der Waals surface area contributed by atoms with Gasteiger partial charge < -0.3 is 10.1 Å². The monoisotopic (exact) mass is 460 g/mol. The maximum atomic E-state index is 12.8. The summed E-state index contributed by atoms with van der Waals surface area (Å²) in [5, 5.41) is 11.3. The molecule has 3 heterocycles. The van der Waals surface area contributed by atoms with Gasteiger partial charge in [0.05, 0.1) is 12.2 Å². The average molecular weight is 461 g/mol. The molecule has 0 amide bonds. The van der Waals surface area contributed by atoms with Crippen LogP contribution in [0, 0.1) is 0 Å². The molecule has 0 spiro atoms. The first kappa shape index (κ1) is 21.0. The molecule has 156 valence electrons. The summed E-state index contributed by atoms with van der Waals surface area (Å²) in [6.07, 6.45) is 0.770. The van der Waals surface area contributed by atoms with Crippen molar-refractivity contribution in [2.45, 2.75) is 37.2 Å². The molecule has 6 nitrogen and oxygen atoms in total. The van der Waals surface area contributed by atoms with E-state index < -0.39 is 0 Å². The van der Waals surface area contributed by atoms with Crippen LogP contribution in [0.25, 0.3) is 0 Å². The van der Waals surface area contributed by atoms with Crippen LogP contribution >= 0.6 is 34.7 Å². The molecule has 0 bridgehead atoms. The molecule has 9 heteroatoms. The first-order chi connectivity index (χ1) is 14.6. The Balaban J connectivity index is 1.64. The van der Waals surface area contributed by atoms with Gasteiger partial charge >= 0.3 is 5.97 Å². The number of hydrogen-bond donors (Lipinski definition) is 1. The summed E-state index contributed by atoms with van der Waals surface area (Å²) in [5.74, 6) is 0.941. The Labute approximate surface area is 188 Å². The molecule has 1 N–H and O–H groups in total. The number of allylic oxidation sites excluding steroid dienone is 1. The Morgan fingerprint density at radius 1 is 1.33 bits per heavy atom. The standard InChI is InChI=1S/C21H21ClN4O2S2/c1-3-10-28-19(27)17-13(2)23-20-24-21(30-12-14-7-4-5-8-15(14)22)25-26(20)18(17)16-9-6-11-29-16/h4-9,11,18H,3,10,12H2,1-2H3,(H,23,24,25). The minimum absolute atomic E-state index is 0.327. The van der Waals surface area contributed by atoms with Crippen LogP contribution in [0.1, 0.15) is 36.8 Å². The molecule has 0 radical (unpaired) electrons. The van der Waals surface area contributed by atoms with Gasteiger partial charge in [-0.15, -0.1) is 16.4 Å². The number of anilines is 1. The third-order valence-corrected chi connectivity index (χ3v) is 6.80. The molecule has 1 atom stereocenters. The number of rotatable bonds is 7. The van der Waals surface area contributed by atoms with Gasteiger partial charge in [-0.05, 0) is 36.4 Å². The van der Waals surface area contributed by atoms with Gasteiger partial charge in [-0.2, -0.15) is 4.98 Å². The molecule has 0 aliphatic carbocycles. The summed E-state index contributed by atoms with van der Waals surface area (Å²) in [5.41, 5.74) is 2.32. The van der Waals surface area contributed by atoms with Crippen molar-refractivity contribution in [1.29, 1.82) is 0 Å². The third kappa shape index (κ3) is 4.26. The van der Waals surface area contributed by atoms with E-state index in [1.54, 1.807) is 16.0 Å². The fourth-order valence-electron chi connectivity index (χ4n) is 3.20. The van der Waals surface area contributed by atoms with Crippen molar-refractivity contribution < 1.29 is 9.53 Å². The topological polar surface area (TPSA) is 69.0 Å². The van der Waals surface area contributed by atoms with Crippen molar-refractivity contribution >= 4 is 46.6 Å². The molecule has 1 unspecified atom stereocenters. The van der Waals surface area contributed by atoms with Crippen molar-refractivity contribution in [2.75, 3.05) is 11.9 Å². The fourth-order valence-corrected chi connectivity index (χ4v) is 5.13. The number of thiophene rings is 1. The molecule has 30 heavy (non-hydrogen) atoms. The normalized spacial score (nSPS) is 15.6. The smallest absolute Gasteiger partial charge is 0.338 e. The molecule has 4 rings (SSSR count). The number of esters is 1. The highest BCUT2D eigenvalue weighted by atomic mass is 35.5. The van der Waals surface area contributed by atoms with Crippen LogP contribution in [0.4, 0.5) is 5.95 Å². The SMILES string of the molecule is CCCOC(=O)C1=C(C)Nc2nc(SCc3ccccc3Cl)nn2C1c1cccs1. The van der Waals surface area contributed by atoms with Crippen molar-refractivity contribution in [3.63, 3.8) is 0 Å². The number of nitrogens with one attached hydrogen (secondary N) is 1. The number of nitrogens with zero attached hydrogens (tertiary/aromatic N) is 3. The van der Waals surface area contributed by atoms with Gasteiger partial charge in [-0.1, -0.05) is 54.6 Å². The van der Waals surface area contributed by atoms with Gasteiger partial charge in [0, 0.05) is 21.3 Å². The van der Waals surface area contributed by atoms with E-state index in [0.717, 1.165) is 27.6 Å². The number of carbonyl (C=O) groups is 1. The lowest BCUT2D eigenvalue weighted by Gasteiger charge is -2.27. The molecular weight excluding hydrogens is 440 g/mol. The molecule has 1 aliphatic heterocycles. The van der Waals surface area contributed by atoms with E-state index in [-0.39, 0.29) is 12.0 Å². The predicted octanol–water partition coefficient (Wildman–Crippen LogP) is 5.53. The maximum Gasteiger partial charge on any atom is 0.338 e. The number of hydrogen-bond acceptors (Lipinski definition) is 7. The van der Waals surface area contributed by atoms with Gasteiger partial charge in [-0.3, -0.25) is 0 Å². The van der Waals surface area contributed by atoms with Crippen LogP contribution in [0.5, 0.6) is 0 Å². The second-order valence-corrected chi connectivity index (χ2v) is 9.09. The zero-order chi connectivity index (χ0) is 21.1. The summed E-state index contributed by atoms with van der Waals surface area (Å²) in [6, 6.07) is 11.3. The van der Waals surface area contributed by atoms with Crippen LogP contribution in [-0.4, -0.2) is 27.3 Å². The summed E-state index contributed by atoms with van der Waals surface area (Å²) in [6.45, 7) is 4.23. The lowest BCUT2D eigenvalue weighted by atomic mass is 10.0. The Morgan fingerprint density at radius 2 is 2.17 bits per heavy atom. The largest absolute Gasteiger partial charge is 0.462 e. The number of halogens is 1. The highest BCUT2D eigenvalue weighted by Gasteiger charge is 2.35. The van der Waals surface area contributed by atoms with Crippen LogP contribution in [-0.2, 0) is 15.3 Å². The van der Waals surface area contributed by atoms with Crippen LogP contribution in [0.2, 0.25) is 5.02 Å². The van der Waals surface area contributed by atoms with Gasteiger partial charge in [0.25, 0.3) is 0 Å². The Morgan fingerprint density at radius 3 is 2.90 bits per heavy atom. The van der Waals surface area contributed by atoms with Gasteiger partial charge in [0.1, 0.15) is 6.04 Å². The number of aromatic nitrogens is 3. The van der Waals surface area contributed by atoms with Crippen molar-refractivity contribution in [1.82, 2.24) is 14.8 Å². The molecule has 0 fully saturated rings. The number of fused-ring (bicyclic) bond motifs is 1. The van der Waals surface area contributed by atoms with E-state index in [0.29, 0.717) is 29.0 Å². The van der Waals surface area contributed by atoms with Gasteiger partial charge in [0.15, 0.2) is 0 Å². The maximum absolute atomic E-state index is 12.8. The van der Waals surface area contributed by atoms with Crippen LogP contribution < -0.4 is 5.32 Å². The third-order valence-electron chi connectivity index (χ3n) is 4.62. The van der Waals surface area contributed by atoms with E-state index in [2.05, 4.69) is 10.3 Å². The number of thioether (sulfide) groups is 1. The lowest BCUT2D eigenvalue weighted by molar-refractivity contribution is -0.139. The number of ether oxygens (including phenoxy) is 1. The van der Waals surface area contributed by atoms with E-state index in [1.165, 1.54) is 11.8 Å². The highest BCUT2D eigenvalue weighted by molar-refractivity contribution is 7.98. The molecule has 0 saturated carbocycles. The highest BCUT2D eigenvalue weighted by Crippen LogP contribution is 2.38. The quantitative estimate of drug-likeness (QED) is 0.369. The molecule has 0 saturated heterocycles. The second kappa shape index (κ2) is 9.24. The van der Waals surface area contributed by atoms with Crippen LogP contribution in [0.15, 0.2) is 58.2 Å². The fraction of sp³-hybridized carbons (Fsp3) is 0.286. The second-order valence-electron chi connectivity index (χ2n) is 6.76. The molecular formula is C21H21ClN4O2S2. The van der Waals surface area contributed by atoms with Gasteiger partial charge in [-0.25, -0.2) is 9.48 Å². The summed E-state index contributed by atoms with van der Waals surface area (Å²) >= 11 is 9.35. The van der Waals surface area contributed by atoms with E-state index in [9.17, 15) is 4.79 Å². The summed E-state index contributed by atoms with van der Waals surface area (Å²) in [7, 11) is 0. The molecule has 3 aromatic rings. The van der Waals surface area contributed by atoms with Crippen molar-refractivity contribution in [3.05, 3.63) is 68.5 Å². The van der Waals surface area contributed by atoms with E-state index in [4.69, 9.17) is 21.4 Å². The number of benzene rings is 1.